The second-order valence-corrected chi connectivity index (χ2v) is 15.6. The molecule has 1 heterocycles. The highest BCUT2D eigenvalue weighted by Gasteiger charge is 2.38. The molecule has 7 nitrogen and oxygen atoms in total. The van der Waals surface area contributed by atoms with Crippen molar-refractivity contribution in [2.24, 2.45) is 11.8 Å². The number of anilines is 2. The molecule has 0 amide bonds. The molecule has 0 unspecified atom stereocenters. The molecular weight excluding hydrogens is 682 g/mol. The Balaban J connectivity index is 1.75. The molecule has 1 atom stereocenters. The van der Waals surface area contributed by atoms with Gasteiger partial charge in [0.15, 0.2) is 15.6 Å². The van der Waals surface area contributed by atoms with Gasteiger partial charge < -0.3 is 14.5 Å². The minimum Gasteiger partial charge on any atom is -0.489 e. The van der Waals surface area contributed by atoms with Crippen LogP contribution in [0.5, 0.6) is 5.75 Å². The first kappa shape index (κ1) is 39.2. The van der Waals surface area contributed by atoms with Gasteiger partial charge in [0.25, 0.3) is 0 Å². The standard InChI is InChI=1S/C36H46F6N4O3S/c1-6-26-9-11-27(12-10-26)22-45(7-2)33-13-8-24(3)16-29(33)23-46(34-43-20-32(21-44-34)49-14-15-50(5,47)48)25(4)28-17-30(35(37,38)39)19-31(18-28)36(40,41)42/h8,13,16-21,25-27H,6-7,9-12,14-15,22-23H2,1-5H3/t25-,26-,27-/m0/s1. The summed E-state index contributed by atoms with van der Waals surface area (Å²) in [7, 11) is -3.29. The van der Waals surface area contributed by atoms with Crippen molar-refractivity contribution in [2.45, 2.75) is 84.7 Å². The molecule has 1 fully saturated rings. The molecule has 0 aliphatic heterocycles. The maximum absolute atomic E-state index is 13.9. The van der Waals surface area contributed by atoms with Crippen LogP contribution in [-0.4, -0.2) is 50.1 Å². The molecule has 276 valence electrons. The van der Waals surface area contributed by atoms with Gasteiger partial charge in [0.1, 0.15) is 6.61 Å². The van der Waals surface area contributed by atoms with E-state index in [2.05, 4.69) is 28.7 Å². The Morgan fingerprint density at radius 2 is 1.48 bits per heavy atom. The van der Waals surface area contributed by atoms with Gasteiger partial charge in [-0.1, -0.05) is 43.9 Å². The van der Waals surface area contributed by atoms with Crippen LogP contribution in [0.2, 0.25) is 0 Å². The van der Waals surface area contributed by atoms with Gasteiger partial charge in [-0.05, 0) is 80.8 Å². The minimum atomic E-state index is -5.01. The normalized spacial score (nSPS) is 17.7. The van der Waals surface area contributed by atoms with Crippen molar-refractivity contribution < 1.29 is 39.5 Å². The van der Waals surface area contributed by atoms with Crippen LogP contribution in [-0.2, 0) is 28.7 Å². The molecular formula is C36H46F6N4O3S. The fourth-order valence-electron chi connectivity index (χ4n) is 6.49. The van der Waals surface area contributed by atoms with Crippen LogP contribution < -0.4 is 14.5 Å². The van der Waals surface area contributed by atoms with Crippen molar-refractivity contribution in [1.82, 2.24) is 9.97 Å². The molecule has 0 N–H and O–H groups in total. The van der Waals surface area contributed by atoms with E-state index in [0.29, 0.717) is 12.5 Å². The summed E-state index contributed by atoms with van der Waals surface area (Å²) in [4.78, 5) is 12.6. The number of rotatable bonds is 14. The molecule has 4 rings (SSSR count). The summed E-state index contributed by atoms with van der Waals surface area (Å²) < 4.78 is 112. The lowest BCUT2D eigenvalue weighted by Crippen LogP contribution is -2.34. The molecule has 3 aromatic rings. The minimum absolute atomic E-state index is 0.0484. The van der Waals surface area contributed by atoms with E-state index in [1.165, 1.54) is 38.6 Å². The lowest BCUT2D eigenvalue weighted by Gasteiger charge is -2.36. The molecule has 1 aliphatic carbocycles. The quantitative estimate of drug-likeness (QED) is 0.153. The molecule has 1 aliphatic rings. The first-order valence-electron chi connectivity index (χ1n) is 16.9. The van der Waals surface area contributed by atoms with E-state index in [-0.39, 0.29) is 42.2 Å². The molecule has 0 bridgehead atoms. The van der Waals surface area contributed by atoms with E-state index in [0.717, 1.165) is 60.5 Å². The zero-order valence-corrected chi connectivity index (χ0v) is 29.9. The number of sulfone groups is 1. The van der Waals surface area contributed by atoms with Crippen molar-refractivity contribution in [2.75, 3.05) is 41.5 Å². The molecule has 0 saturated heterocycles. The van der Waals surface area contributed by atoms with E-state index in [1.54, 1.807) is 4.90 Å². The average Bonchev–Trinajstić information content (AvgIpc) is 3.05. The summed E-state index contributed by atoms with van der Waals surface area (Å²) in [6, 6.07) is 6.52. The number of hydrogen-bond donors (Lipinski definition) is 0. The average molecular weight is 729 g/mol. The number of halogens is 6. The Hall–Kier alpha value is -3.55. The van der Waals surface area contributed by atoms with E-state index in [1.807, 2.05) is 25.1 Å². The maximum atomic E-state index is 13.9. The van der Waals surface area contributed by atoms with Gasteiger partial charge in [0, 0.05) is 31.6 Å². The van der Waals surface area contributed by atoms with E-state index < -0.39 is 39.4 Å². The first-order chi connectivity index (χ1) is 23.4. The maximum Gasteiger partial charge on any atom is 0.416 e. The topological polar surface area (TPSA) is 75.6 Å². The zero-order valence-electron chi connectivity index (χ0n) is 29.1. The van der Waals surface area contributed by atoms with Crippen LogP contribution in [0.3, 0.4) is 0 Å². The fourth-order valence-corrected chi connectivity index (χ4v) is 6.87. The smallest absolute Gasteiger partial charge is 0.416 e. The number of alkyl halides is 6. The first-order valence-corrected chi connectivity index (χ1v) is 19.0. The number of aromatic nitrogens is 2. The highest BCUT2D eigenvalue weighted by atomic mass is 32.2. The second kappa shape index (κ2) is 16.2. The predicted octanol–water partition coefficient (Wildman–Crippen LogP) is 9.06. The number of benzene rings is 2. The third-order valence-electron chi connectivity index (χ3n) is 9.47. The third kappa shape index (κ3) is 10.7. The second-order valence-electron chi connectivity index (χ2n) is 13.3. The van der Waals surface area contributed by atoms with Gasteiger partial charge in [-0.25, -0.2) is 18.4 Å². The van der Waals surface area contributed by atoms with Crippen LogP contribution in [0.1, 0.15) is 86.7 Å². The summed E-state index contributed by atoms with van der Waals surface area (Å²) in [6.07, 6.45) is -0.533. The molecule has 50 heavy (non-hydrogen) atoms. The van der Waals surface area contributed by atoms with Crippen molar-refractivity contribution in [3.8, 4) is 5.75 Å². The van der Waals surface area contributed by atoms with E-state index in [4.69, 9.17) is 4.74 Å². The third-order valence-corrected chi connectivity index (χ3v) is 10.4. The monoisotopic (exact) mass is 728 g/mol. The number of nitrogens with zero attached hydrogens (tertiary/aromatic N) is 4. The molecule has 0 radical (unpaired) electrons. The highest BCUT2D eigenvalue weighted by molar-refractivity contribution is 7.90. The Labute approximate surface area is 291 Å². The van der Waals surface area contributed by atoms with Gasteiger partial charge in [-0.3, -0.25) is 0 Å². The van der Waals surface area contributed by atoms with E-state index in [9.17, 15) is 34.8 Å². The Kier molecular flexibility index (Phi) is 12.7. The molecule has 1 saturated carbocycles. The Morgan fingerprint density at radius 1 is 0.900 bits per heavy atom. The summed E-state index contributed by atoms with van der Waals surface area (Å²) in [5.74, 6) is 1.23. The van der Waals surface area contributed by atoms with Crippen LogP contribution in [0.25, 0.3) is 0 Å². The van der Waals surface area contributed by atoms with Gasteiger partial charge in [0.2, 0.25) is 5.95 Å². The summed E-state index contributed by atoms with van der Waals surface area (Å²) in [6.45, 7) is 9.19. The van der Waals surface area contributed by atoms with Crippen LogP contribution >= 0.6 is 0 Å². The lowest BCUT2D eigenvalue weighted by molar-refractivity contribution is -0.143. The van der Waals surface area contributed by atoms with E-state index >= 15 is 0 Å². The van der Waals surface area contributed by atoms with Crippen molar-refractivity contribution >= 4 is 21.5 Å². The summed E-state index contributed by atoms with van der Waals surface area (Å²) in [5, 5.41) is 0. The van der Waals surface area contributed by atoms with Crippen LogP contribution in [0.4, 0.5) is 38.0 Å². The van der Waals surface area contributed by atoms with Gasteiger partial charge in [-0.15, -0.1) is 0 Å². The van der Waals surface area contributed by atoms with Gasteiger partial charge in [0.05, 0.1) is 35.3 Å². The highest BCUT2D eigenvalue weighted by Crippen LogP contribution is 2.40. The SMILES string of the molecule is CCN(C[C@H]1CC[C@H](CC)CC1)c1ccc(C)cc1CN(c1ncc(OCCS(C)(=O)=O)cn1)[C@@H](C)c1cc(C(F)(F)F)cc(C(F)(F)F)c1. The molecule has 14 heteroatoms. The number of hydrogen-bond acceptors (Lipinski definition) is 7. The summed E-state index contributed by atoms with van der Waals surface area (Å²) in [5.41, 5.74) is -0.343. The predicted molar refractivity (Wildman–Crippen MR) is 183 cm³/mol. The van der Waals surface area contributed by atoms with Gasteiger partial charge in [-0.2, -0.15) is 26.3 Å². The van der Waals surface area contributed by atoms with Crippen LogP contribution in [0, 0.1) is 18.8 Å². The van der Waals surface area contributed by atoms with Crippen molar-refractivity contribution in [1.29, 1.82) is 0 Å². The fraction of sp³-hybridized carbons (Fsp3) is 0.556. The van der Waals surface area contributed by atoms with Crippen LogP contribution in [0.15, 0.2) is 48.8 Å². The van der Waals surface area contributed by atoms with Crippen molar-refractivity contribution in [3.05, 3.63) is 76.6 Å². The molecule has 0 spiro atoms. The number of ether oxygens (including phenoxy) is 1. The molecule has 1 aromatic heterocycles. The van der Waals surface area contributed by atoms with Gasteiger partial charge >= 0.3 is 12.4 Å². The lowest BCUT2D eigenvalue weighted by atomic mass is 9.80. The zero-order chi connectivity index (χ0) is 36.9. The van der Waals surface area contributed by atoms with Crippen molar-refractivity contribution in [3.63, 3.8) is 0 Å². The molecule has 2 aromatic carbocycles. The number of aryl methyl sites for hydroxylation is 1. The Bertz CT molecular complexity index is 1640. The largest absolute Gasteiger partial charge is 0.489 e. The Morgan fingerprint density at radius 3 is 2.00 bits per heavy atom. The summed E-state index contributed by atoms with van der Waals surface area (Å²) >= 11 is 0.